The van der Waals surface area contributed by atoms with Crippen LogP contribution in [0, 0.1) is 0 Å². The zero-order chi connectivity index (χ0) is 5.98. The van der Waals surface area contributed by atoms with Crippen molar-refractivity contribution in [3.63, 3.8) is 0 Å². The van der Waals surface area contributed by atoms with Crippen LogP contribution in [0.5, 0.6) is 0 Å². The minimum absolute atomic E-state index is 0.197. The Morgan fingerprint density at radius 1 is 1.75 bits per heavy atom. The summed E-state index contributed by atoms with van der Waals surface area (Å²) in [7, 11) is 0. The molecule has 1 aliphatic carbocycles. The number of rotatable bonds is 1. The second-order valence-electron chi connectivity index (χ2n) is 2.35. The van der Waals surface area contributed by atoms with Crippen LogP contribution in [0.25, 0.3) is 0 Å². The van der Waals surface area contributed by atoms with Gasteiger partial charge in [-0.15, -0.1) is 0 Å². The molecule has 0 spiro atoms. The van der Waals surface area contributed by atoms with Gasteiger partial charge in [0.2, 0.25) is 0 Å². The van der Waals surface area contributed by atoms with Crippen molar-refractivity contribution >= 4 is 0 Å². The number of aliphatic hydroxyl groups excluding tert-OH is 1. The van der Waals surface area contributed by atoms with Gasteiger partial charge >= 0.3 is 0 Å². The highest BCUT2D eigenvalue weighted by Gasteiger charge is 2.07. The van der Waals surface area contributed by atoms with Crippen molar-refractivity contribution in [3.05, 3.63) is 11.6 Å². The van der Waals surface area contributed by atoms with Crippen LogP contribution in [0.3, 0.4) is 0 Å². The molecule has 0 heterocycles. The van der Waals surface area contributed by atoms with Crippen LogP contribution in [-0.2, 0) is 0 Å². The molecule has 1 N–H and O–H groups in total. The summed E-state index contributed by atoms with van der Waals surface area (Å²) in [5.74, 6) is 0. The van der Waals surface area contributed by atoms with Crippen molar-refractivity contribution in [3.8, 4) is 0 Å². The fourth-order valence-electron chi connectivity index (χ4n) is 1.08. The van der Waals surface area contributed by atoms with Gasteiger partial charge in [-0.1, -0.05) is 6.08 Å². The highest BCUT2D eigenvalue weighted by Crippen LogP contribution is 2.19. The molecule has 0 saturated heterocycles. The van der Waals surface area contributed by atoms with Crippen LogP contribution in [0.2, 0.25) is 0 Å². The lowest BCUT2D eigenvalue weighted by atomic mass is 10.1. The summed E-state index contributed by atoms with van der Waals surface area (Å²) in [6, 6.07) is 0. The molecule has 0 aromatic carbocycles. The topological polar surface area (TPSA) is 20.2 Å². The molecule has 0 fully saturated rings. The van der Waals surface area contributed by atoms with Gasteiger partial charge in [-0.3, -0.25) is 0 Å². The lowest BCUT2D eigenvalue weighted by Crippen LogP contribution is -2.00. The Labute approximate surface area is 50.0 Å². The van der Waals surface area contributed by atoms with Crippen LogP contribution in [-0.4, -0.2) is 11.2 Å². The lowest BCUT2D eigenvalue weighted by molar-refractivity contribution is 0.228. The normalized spacial score (nSPS) is 23.0. The molecule has 1 aliphatic rings. The van der Waals surface area contributed by atoms with Crippen molar-refractivity contribution in [1.82, 2.24) is 0 Å². The third kappa shape index (κ3) is 1.10. The van der Waals surface area contributed by atoms with Gasteiger partial charge in [0.05, 0.1) is 6.10 Å². The van der Waals surface area contributed by atoms with E-state index in [1.54, 1.807) is 0 Å². The van der Waals surface area contributed by atoms with Crippen molar-refractivity contribution in [1.29, 1.82) is 0 Å². The van der Waals surface area contributed by atoms with Gasteiger partial charge in [-0.2, -0.15) is 0 Å². The van der Waals surface area contributed by atoms with E-state index in [-0.39, 0.29) is 6.10 Å². The van der Waals surface area contributed by atoms with Gasteiger partial charge in [0.25, 0.3) is 0 Å². The first-order chi connectivity index (χ1) is 3.80. The van der Waals surface area contributed by atoms with E-state index in [0.717, 1.165) is 6.42 Å². The summed E-state index contributed by atoms with van der Waals surface area (Å²) in [5.41, 5.74) is 1.23. The fourth-order valence-corrected chi connectivity index (χ4v) is 1.08. The molecular weight excluding hydrogens is 100 g/mol. The molecule has 0 unspecified atom stereocenters. The van der Waals surface area contributed by atoms with Crippen molar-refractivity contribution < 1.29 is 5.11 Å². The molecule has 0 aromatic rings. The Morgan fingerprint density at radius 3 is 2.75 bits per heavy atom. The zero-order valence-electron chi connectivity index (χ0n) is 5.22. The van der Waals surface area contributed by atoms with Gasteiger partial charge in [0, 0.05) is 0 Å². The molecule has 46 valence electrons. The molecule has 0 aromatic heterocycles. The molecule has 1 nitrogen and oxygen atoms in total. The average Bonchev–Trinajstić information content (AvgIpc) is 2.12. The Balaban J connectivity index is 2.45. The van der Waals surface area contributed by atoms with Gasteiger partial charge in [-0.05, 0) is 31.8 Å². The van der Waals surface area contributed by atoms with Crippen LogP contribution >= 0.6 is 0 Å². The fraction of sp³-hybridized carbons (Fsp3) is 0.714. The Kier molecular flexibility index (Phi) is 1.69. The second-order valence-corrected chi connectivity index (χ2v) is 2.35. The van der Waals surface area contributed by atoms with Crippen LogP contribution in [0.1, 0.15) is 26.2 Å². The first-order valence-corrected chi connectivity index (χ1v) is 3.17. The molecule has 0 saturated carbocycles. The van der Waals surface area contributed by atoms with E-state index in [4.69, 9.17) is 5.11 Å². The smallest absolute Gasteiger partial charge is 0.0721 e. The SMILES string of the molecule is C[C@@H](O)C1=CCCC1. The summed E-state index contributed by atoms with van der Waals surface area (Å²) in [4.78, 5) is 0. The first-order valence-electron chi connectivity index (χ1n) is 3.17. The number of hydrogen-bond donors (Lipinski definition) is 1. The third-order valence-corrected chi connectivity index (χ3v) is 1.61. The highest BCUT2D eigenvalue weighted by atomic mass is 16.3. The van der Waals surface area contributed by atoms with E-state index in [1.165, 1.54) is 18.4 Å². The van der Waals surface area contributed by atoms with Crippen molar-refractivity contribution in [2.45, 2.75) is 32.3 Å². The van der Waals surface area contributed by atoms with Crippen molar-refractivity contribution in [2.24, 2.45) is 0 Å². The maximum Gasteiger partial charge on any atom is 0.0721 e. The predicted octanol–water partition coefficient (Wildman–Crippen LogP) is 1.48. The maximum atomic E-state index is 8.98. The molecule has 1 heteroatoms. The zero-order valence-corrected chi connectivity index (χ0v) is 5.22. The minimum Gasteiger partial charge on any atom is -0.389 e. The summed E-state index contributed by atoms with van der Waals surface area (Å²) in [5, 5.41) is 8.98. The molecule has 1 atom stereocenters. The molecule has 8 heavy (non-hydrogen) atoms. The summed E-state index contributed by atoms with van der Waals surface area (Å²) < 4.78 is 0. The molecule has 0 radical (unpaired) electrons. The summed E-state index contributed by atoms with van der Waals surface area (Å²) >= 11 is 0. The molecular formula is C7H12O. The Morgan fingerprint density at radius 2 is 2.50 bits per heavy atom. The van der Waals surface area contributed by atoms with E-state index in [1.807, 2.05) is 6.92 Å². The lowest BCUT2D eigenvalue weighted by Gasteiger charge is -2.01. The monoisotopic (exact) mass is 112 g/mol. The molecule has 0 amide bonds. The molecule has 0 aliphatic heterocycles. The van der Waals surface area contributed by atoms with E-state index in [9.17, 15) is 0 Å². The van der Waals surface area contributed by atoms with E-state index in [2.05, 4.69) is 6.08 Å². The van der Waals surface area contributed by atoms with Crippen molar-refractivity contribution in [2.75, 3.05) is 0 Å². The Hall–Kier alpha value is -0.300. The number of aliphatic hydroxyl groups is 1. The van der Waals surface area contributed by atoms with Gasteiger partial charge < -0.3 is 5.11 Å². The summed E-state index contributed by atoms with van der Waals surface area (Å²) in [6.45, 7) is 1.83. The van der Waals surface area contributed by atoms with Crippen LogP contribution in [0.4, 0.5) is 0 Å². The second kappa shape index (κ2) is 2.31. The van der Waals surface area contributed by atoms with E-state index >= 15 is 0 Å². The Bertz CT molecular complexity index is 103. The van der Waals surface area contributed by atoms with Gasteiger partial charge in [-0.25, -0.2) is 0 Å². The first kappa shape index (κ1) is 5.83. The summed E-state index contributed by atoms with van der Waals surface area (Å²) in [6.07, 6.45) is 5.46. The maximum absolute atomic E-state index is 8.98. The number of allylic oxidation sites excluding steroid dienone is 1. The van der Waals surface area contributed by atoms with E-state index < -0.39 is 0 Å². The average molecular weight is 112 g/mol. The van der Waals surface area contributed by atoms with Crippen LogP contribution < -0.4 is 0 Å². The van der Waals surface area contributed by atoms with Gasteiger partial charge in [0.15, 0.2) is 0 Å². The highest BCUT2D eigenvalue weighted by molar-refractivity contribution is 5.11. The quantitative estimate of drug-likeness (QED) is 0.509. The van der Waals surface area contributed by atoms with Gasteiger partial charge in [0.1, 0.15) is 0 Å². The van der Waals surface area contributed by atoms with E-state index in [0.29, 0.717) is 0 Å². The third-order valence-electron chi connectivity index (χ3n) is 1.61. The molecule has 1 rings (SSSR count). The standard InChI is InChI=1S/C7H12O/c1-6(8)7-4-2-3-5-7/h4,6,8H,2-3,5H2,1H3/t6-/m1/s1. The molecule has 0 bridgehead atoms. The number of hydrogen-bond acceptors (Lipinski definition) is 1. The minimum atomic E-state index is -0.197. The predicted molar refractivity (Wildman–Crippen MR) is 33.6 cm³/mol. The largest absolute Gasteiger partial charge is 0.389 e. The van der Waals surface area contributed by atoms with Crippen LogP contribution in [0.15, 0.2) is 11.6 Å².